The van der Waals surface area contributed by atoms with E-state index in [4.69, 9.17) is 4.42 Å². The summed E-state index contributed by atoms with van der Waals surface area (Å²) in [7, 11) is 0. The van der Waals surface area contributed by atoms with Crippen molar-refractivity contribution in [2.75, 3.05) is 11.9 Å². The Bertz CT molecular complexity index is 795. The van der Waals surface area contributed by atoms with Crippen molar-refractivity contribution in [2.24, 2.45) is 0 Å². The maximum absolute atomic E-state index is 12.2. The molecule has 0 spiro atoms. The fraction of sp³-hybridized carbons (Fsp3) is 0.278. The molecule has 7 heteroatoms. The summed E-state index contributed by atoms with van der Waals surface area (Å²) < 4.78 is 5.05. The highest BCUT2D eigenvalue weighted by atomic mass is 16.3. The van der Waals surface area contributed by atoms with Crippen LogP contribution in [0.1, 0.15) is 39.3 Å². The van der Waals surface area contributed by atoms with Crippen LogP contribution in [0.15, 0.2) is 41.0 Å². The fourth-order valence-corrected chi connectivity index (χ4v) is 2.26. The number of carbonyl (C=O) groups is 3. The number of hydrogen-bond acceptors (Lipinski definition) is 4. The van der Waals surface area contributed by atoms with Crippen molar-refractivity contribution in [3.05, 3.63) is 53.5 Å². The van der Waals surface area contributed by atoms with Gasteiger partial charge in [-0.25, -0.2) is 0 Å². The summed E-state index contributed by atoms with van der Waals surface area (Å²) in [5.41, 5.74) is 1.68. The number of amides is 3. The highest BCUT2D eigenvalue weighted by Crippen LogP contribution is 2.19. The third kappa shape index (κ3) is 4.47. The molecule has 0 saturated heterocycles. The molecule has 25 heavy (non-hydrogen) atoms. The zero-order valence-corrected chi connectivity index (χ0v) is 13.8. The smallest absolute Gasteiger partial charge is 0.291 e. The Morgan fingerprint density at radius 1 is 1.16 bits per heavy atom. The van der Waals surface area contributed by atoms with Gasteiger partial charge in [0.15, 0.2) is 5.76 Å². The van der Waals surface area contributed by atoms with Gasteiger partial charge in [-0.05, 0) is 49.6 Å². The van der Waals surface area contributed by atoms with Crippen LogP contribution in [0.25, 0.3) is 0 Å². The van der Waals surface area contributed by atoms with E-state index in [0.717, 1.165) is 18.4 Å². The summed E-state index contributed by atoms with van der Waals surface area (Å²) in [6.07, 6.45) is 3.41. The summed E-state index contributed by atoms with van der Waals surface area (Å²) in [5, 5.41) is 8.09. The van der Waals surface area contributed by atoms with Crippen LogP contribution in [0.3, 0.4) is 0 Å². The highest BCUT2D eigenvalue weighted by molar-refractivity contribution is 6.04. The molecule has 0 aliphatic heterocycles. The van der Waals surface area contributed by atoms with Gasteiger partial charge < -0.3 is 20.4 Å². The van der Waals surface area contributed by atoms with Crippen molar-refractivity contribution in [3.8, 4) is 0 Å². The predicted molar refractivity (Wildman–Crippen MR) is 91.3 cm³/mol. The number of carbonyl (C=O) groups excluding carboxylic acids is 3. The molecule has 1 saturated carbocycles. The number of anilines is 1. The molecule has 1 aliphatic rings. The summed E-state index contributed by atoms with van der Waals surface area (Å²) in [6.45, 7) is 1.75. The summed E-state index contributed by atoms with van der Waals surface area (Å²) >= 11 is 0. The second-order valence-corrected chi connectivity index (χ2v) is 5.99. The monoisotopic (exact) mass is 341 g/mol. The first-order valence-corrected chi connectivity index (χ1v) is 8.06. The minimum Gasteiger partial charge on any atom is -0.459 e. The van der Waals surface area contributed by atoms with E-state index in [0.29, 0.717) is 11.3 Å². The van der Waals surface area contributed by atoms with Gasteiger partial charge in [0.25, 0.3) is 11.8 Å². The molecule has 0 radical (unpaired) electrons. The second kappa shape index (κ2) is 7.21. The van der Waals surface area contributed by atoms with E-state index in [2.05, 4.69) is 16.0 Å². The van der Waals surface area contributed by atoms with E-state index < -0.39 is 5.91 Å². The van der Waals surface area contributed by atoms with Crippen LogP contribution in [0.4, 0.5) is 5.69 Å². The van der Waals surface area contributed by atoms with E-state index >= 15 is 0 Å². The number of rotatable bonds is 6. The SMILES string of the molecule is Cc1ccc(C(=O)NCC(=O)NC2CC2)cc1NC(=O)c1ccco1. The van der Waals surface area contributed by atoms with E-state index in [-0.39, 0.29) is 30.2 Å². The zero-order valence-electron chi connectivity index (χ0n) is 13.8. The first-order valence-electron chi connectivity index (χ1n) is 8.06. The molecule has 1 heterocycles. The zero-order chi connectivity index (χ0) is 17.8. The lowest BCUT2D eigenvalue weighted by molar-refractivity contribution is -0.120. The average molecular weight is 341 g/mol. The third-order valence-corrected chi connectivity index (χ3v) is 3.84. The molecular weight excluding hydrogens is 322 g/mol. The maximum atomic E-state index is 12.2. The third-order valence-electron chi connectivity index (χ3n) is 3.84. The van der Waals surface area contributed by atoms with Gasteiger partial charge in [0.2, 0.25) is 5.91 Å². The van der Waals surface area contributed by atoms with Crippen LogP contribution in [0, 0.1) is 6.92 Å². The quantitative estimate of drug-likeness (QED) is 0.746. The Hall–Kier alpha value is -3.09. The van der Waals surface area contributed by atoms with Crippen LogP contribution < -0.4 is 16.0 Å². The molecule has 130 valence electrons. The molecule has 0 unspecified atom stereocenters. The van der Waals surface area contributed by atoms with E-state index in [1.54, 1.807) is 30.3 Å². The van der Waals surface area contributed by atoms with Gasteiger partial charge >= 0.3 is 0 Å². The lowest BCUT2D eigenvalue weighted by Crippen LogP contribution is -2.37. The van der Waals surface area contributed by atoms with Gasteiger partial charge in [-0.3, -0.25) is 14.4 Å². The molecule has 2 aromatic rings. The molecule has 1 aromatic heterocycles. The Morgan fingerprint density at radius 3 is 2.64 bits per heavy atom. The summed E-state index contributed by atoms with van der Waals surface area (Å²) in [5.74, 6) is -0.783. The number of benzene rings is 1. The van der Waals surface area contributed by atoms with Crippen LogP contribution in [-0.4, -0.2) is 30.3 Å². The predicted octanol–water partition coefficient (Wildman–Crippen LogP) is 1.85. The molecule has 3 amide bonds. The number of nitrogens with one attached hydrogen (secondary N) is 3. The minimum atomic E-state index is -0.394. The molecular formula is C18H19N3O4. The Kier molecular flexibility index (Phi) is 4.83. The van der Waals surface area contributed by atoms with Crippen LogP contribution in [0.5, 0.6) is 0 Å². The molecule has 1 aliphatic carbocycles. The fourth-order valence-electron chi connectivity index (χ4n) is 2.26. The highest BCUT2D eigenvalue weighted by Gasteiger charge is 2.23. The van der Waals surface area contributed by atoms with Crippen molar-refractivity contribution in [2.45, 2.75) is 25.8 Å². The largest absolute Gasteiger partial charge is 0.459 e. The van der Waals surface area contributed by atoms with Crippen LogP contribution in [0.2, 0.25) is 0 Å². The van der Waals surface area contributed by atoms with Crippen molar-refractivity contribution >= 4 is 23.4 Å². The molecule has 0 atom stereocenters. The lowest BCUT2D eigenvalue weighted by atomic mass is 10.1. The van der Waals surface area contributed by atoms with Gasteiger partial charge in [0.1, 0.15) is 0 Å². The lowest BCUT2D eigenvalue weighted by Gasteiger charge is -2.10. The van der Waals surface area contributed by atoms with Crippen molar-refractivity contribution < 1.29 is 18.8 Å². The van der Waals surface area contributed by atoms with Crippen molar-refractivity contribution in [3.63, 3.8) is 0 Å². The normalized spacial score (nSPS) is 13.2. The Morgan fingerprint density at radius 2 is 1.96 bits per heavy atom. The first-order chi connectivity index (χ1) is 12.0. The van der Waals surface area contributed by atoms with E-state index in [1.807, 2.05) is 6.92 Å². The minimum absolute atomic E-state index is 0.0721. The van der Waals surface area contributed by atoms with Gasteiger partial charge in [0.05, 0.1) is 12.8 Å². The maximum Gasteiger partial charge on any atom is 0.291 e. The topological polar surface area (TPSA) is 100 Å². The van der Waals surface area contributed by atoms with E-state index in [1.165, 1.54) is 6.26 Å². The summed E-state index contributed by atoms with van der Waals surface area (Å²) in [4.78, 5) is 35.9. The van der Waals surface area contributed by atoms with Crippen molar-refractivity contribution in [1.82, 2.24) is 10.6 Å². The molecule has 1 fully saturated rings. The van der Waals surface area contributed by atoms with Crippen molar-refractivity contribution in [1.29, 1.82) is 0 Å². The average Bonchev–Trinajstić information content (AvgIpc) is 3.23. The van der Waals surface area contributed by atoms with E-state index in [9.17, 15) is 14.4 Å². The molecule has 3 N–H and O–H groups in total. The Balaban J connectivity index is 1.62. The number of hydrogen-bond donors (Lipinski definition) is 3. The molecule has 7 nitrogen and oxygen atoms in total. The van der Waals surface area contributed by atoms with Gasteiger partial charge in [-0.15, -0.1) is 0 Å². The number of furan rings is 1. The van der Waals surface area contributed by atoms with Gasteiger partial charge in [-0.1, -0.05) is 6.07 Å². The molecule has 0 bridgehead atoms. The Labute approximate surface area is 144 Å². The second-order valence-electron chi connectivity index (χ2n) is 5.99. The van der Waals surface area contributed by atoms with Gasteiger partial charge in [0, 0.05) is 17.3 Å². The van der Waals surface area contributed by atoms with Crippen LogP contribution in [-0.2, 0) is 4.79 Å². The summed E-state index contributed by atoms with van der Waals surface area (Å²) in [6, 6.07) is 8.39. The first kappa shape index (κ1) is 16.8. The molecule has 3 rings (SSSR count). The number of aryl methyl sites for hydroxylation is 1. The standard InChI is InChI=1S/C18H19N3O4/c1-11-4-5-12(17(23)19-10-16(22)20-13-6-7-13)9-14(11)21-18(24)15-3-2-8-25-15/h2-5,8-9,13H,6-7,10H2,1H3,(H,19,23)(H,20,22)(H,21,24). The van der Waals surface area contributed by atoms with Crippen LogP contribution >= 0.6 is 0 Å². The molecule has 1 aromatic carbocycles. The van der Waals surface area contributed by atoms with Gasteiger partial charge in [-0.2, -0.15) is 0 Å².